The Hall–Kier alpha value is -0.710. The normalized spacial score (nSPS) is 25.4. The second kappa shape index (κ2) is 5.73. The lowest BCUT2D eigenvalue weighted by Gasteiger charge is -2.31. The fraction of sp³-hybridized carbons (Fsp3) is 0.400. The van der Waals surface area contributed by atoms with E-state index >= 15 is 0 Å². The second-order valence-electron chi connectivity index (χ2n) is 4.81. The van der Waals surface area contributed by atoms with Gasteiger partial charge in [0.15, 0.2) is 0 Å². The summed E-state index contributed by atoms with van der Waals surface area (Å²) in [7, 11) is 0. The van der Waals surface area contributed by atoms with Gasteiger partial charge in [-0.25, -0.2) is 0 Å². The molecule has 3 atom stereocenters. The standard InChI is InChI=1S/C15H17NOS2/c1-10-15(19-8-7-18-10)14(17)12-4-5-13-11(9-12)3-2-6-16-13/h2-6,9-10,14-15,17H,7-8H2,1H3. The maximum atomic E-state index is 10.6. The van der Waals surface area contributed by atoms with Gasteiger partial charge in [0, 0.05) is 33.6 Å². The molecule has 2 nitrogen and oxygen atoms in total. The van der Waals surface area contributed by atoms with E-state index in [2.05, 4.69) is 18.0 Å². The third-order valence-corrected chi connectivity index (χ3v) is 6.70. The predicted octanol–water partition coefficient (Wildman–Crippen LogP) is 3.51. The number of aromatic nitrogens is 1. The average molecular weight is 291 g/mol. The molecule has 1 aliphatic rings. The van der Waals surface area contributed by atoms with E-state index in [0.717, 1.165) is 22.2 Å². The zero-order valence-corrected chi connectivity index (χ0v) is 12.5. The van der Waals surface area contributed by atoms with Crippen molar-refractivity contribution in [1.29, 1.82) is 0 Å². The molecule has 0 radical (unpaired) electrons. The van der Waals surface area contributed by atoms with Crippen LogP contribution >= 0.6 is 23.5 Å². The Morgan fingerprint density at radius 1 is 1.26 bits per heavy atom. The van der Waals surface area contributed by atoms with Crippen LogP contribution in [0, 0.1) is 0 Å². The summed E-state index contributed by atoms with van der Waals surface area (Å²) in [6, 6.07) is 10.1. The van der Waals surface area contributed by atoms with E-state index < -0.39 is 6.10 Å². The Morgan fingerprint density at radius 2 is 2.11 bits per heavy atom. The lowest BCUT2D eigenvalue weighted by Crippen LogP contribution is -2.29. The van der Waals surface area contributed by atoms with Gasteiger partial charge in [0.05, 0.1) is 11.6 Å². The van der Waals surface area contributed by atoms with Crippen LogP contribution in [0.15, 0.2) is 36.5 Å². The molecule has 0 saturated carbocycles. The van der Waals surface area contributed by atoms with Crippen molar-refractivity contribution in [3.63, 3.8) is 0 Å². The van der Waals surface area contributed by atoms with E-state index in [1.807, 2.05) is 47.8 Å². The number of rotatable bonds is 2. The number of pyridine rings is 1. The number of aliphatic hydroxyl groups is 1. The van der Waals surface area contributed by atoms with Crippen molar-refractivity contribution < 1.29 is 5.11 Å². The molecular formula is C15H17NOS2. The molecule has 2 heterocycles. The van der Waals surface area contributed by atoms with Crippen LogP contribution in [0.25, 0.3) is 10.9 Å². The quantitative estimate of drug-likeness (QED) is 0.918. The molecule has 1 N–H and O–H groups in total. The minimum Gasteiger partial charge on any atom is -0.387 e. The summed E-state index contributed by atoms with van der Waals surface area (Å²) in [4.78, 5) is 4.32. The van der Waals surface area contributed by atoms with Gasteiger partial charge in [0.25, 0.3) is 0 Å². The minimum absolute atomic E-state index is 0.285. The zero-order valence-electron chi connectivity index (χ0n) is 10.8. The molecule has 0 aliphatic carbocycles. The van der Waals surface area contributed by atoms with E-state index in [1.54, 1.807) is 6.20 Å². The molecule has 1 saturated heterocycles. The fourth-order valence-electron chi connectivity index (χ4n) is 2.46. The number of thioether (sulfide) groups is 2. The number of aliphatic hydroxyl groups excluding tert-OH is 1. The summed E-state index contributed by atoms with van der Waals surface area (Å²) in [5.74, 6) is 2.32. The summed E-state index contributed by atoms with van der Waals surface area (Å²) < 4.78 is 0. The van der Waals surface area contributed by atoms with Crippen LogP contribution in [0.4, 0.5) is 0 Å². The average Bonchev–Trinajstić information content (AvgIpc) is 2.46. The lowest BCUT2D eigenvalue weighted by atomic mass is 10.0. The van der Waals surface area contributed by atoms with Gasteiger partial charge < -0.3 is 5.11 Å². The summed E-state index contributed by atoms with van der Waals surface area (Å²) >= 11 is 3.85. The van der Waals surface area contributed by atoms with Crippen molar-refractivity contribution in [2.75, 3.05) is 11.5 Å². The Balaban J connectivity index is 1.90. The maximum absolute atomic E-state index is 10.6. The monoisotopic (exact) mass is 291 g/mol. The van der Waals surface area contributed by atoms with E-state index in [1.165, 1.54) is 5.75 Å². The van der Waals surface area contributed by atoms with Crippen LogP contribution in [-0.2, 0) is 0 Å². The molecule has 1 aliphatic heterocycles. The number of nitrogens with zero attached hydrogens (tertiary/aromatic N) is 1. The van der Waals surface area contributed by atoms with Crippen molar-refractivity contribution in [1.82, 2.24) is 4.98 Å². The molecule has 0 bridgehead atoms. The molecule has 1 fully saturated rings. The van der Waals surface area contributed by atoms with Gasteiger partial charge in [-0.15, -0.1) is 0 Å². The molecule has 0 amide bonds. The van der Waals surface area contributed by atoms with Crippen molar-refractivity contribution in [2.24, 2.45) is 0 Å². The van der Waals surface area contributed by atoms with Crippen LogP contribution in [0.3, 0.4) is 0 Å². The predicted molar refractivity (Wildman–Crippen MR) is 84.9 cm³/mol. The number of fused-ring (bicyclic) bond motifs is 1. The molecular weight excluding hydrogens is 274 g/mol. The summed E-state index contributed by atoms with van der Waals surface area (Å²) in [5.41, 5.74) is 1.99. The molecule has 19 heavy (non-hydrogen) atoms. The van der Waals surface area contributed by atoms with Crippen molar-refractivity contribution in [3.8, 4) is 0 Å². The van der Waals surface area contributed by atoms with Gasteiger partial charge in [-0.3, -0.25) is 4.98 Å². The third kappa shape index (κ3) is 2.76. The fourth-order valence-corrected chi connectivity index (χ4v) is 5.30. The highest BCUT2D eigenvalue weighted by Gasteiger charge is 2.30. The van der Waals surface area contributed by atoms with Crippen molar-refractivity contribution in [3.05, 3.63) is 42.1 Å². The molecule has 2 aromatic rings. The molecule has 0 spiro atoms. The summed E-state index contributed by atoms with van der Waals surface area (Å²) in [5, 5.41) is 12.5. The molecule has 1 aromatic heterocycles. The smallest absolute Gasteiger partial charge is 0.0919 e. The van der Waals surface area contributed by atoms with Crippen LogP contribution < -0.4 is 0 Å². The highest BCUT2D eigenvalue weighted by molar-refractivity contribution is 8.07. The largest absolute Gasteiger partial charge is 0.387 e. The summed E-state index contributed by atoms with van der Waals surface area (Å²) in [6.45, 7) is 2.22. The van der Waals surface area contributed by atoms with E-state index in [-0.39, 0.29) is 5.25 Å². The van der Waals surface area contributed by atoms with Gasteiger partial charge in [-0.1, -0.05) is 19.1 Å². The van der Waals surface area contributed by atoms with Gasteiger partial charge in [0.2, 0.25) is 0 Å². The SMILES string of the molecule is CC1SCCSC1C(O)c1ccc2ncccc2c1. The van der Waals surface area contributed by atoms with E-state index in [4.69, 9.17) is 0 Å². The van der Waals surface area contributed by atoms with Gasteiger partial charge in [-0.2, -0.15) is 23.5 Å². The van der Waals surface area contributed by atoms with Crippen LogP contribution in [0.2, 0.25) is 0 Å². The molecule has 3 unspecified atom stereocenters. The van der Waals surface area contributed by atoms with Crippen molar-refractivity contribution >= 4 is 34.4 Å². The third-order valence-electron chi connectivity index (χ3n) is 3.52. The van der Waals surface area contributed by atoms with Gasteiger partial charge in [-0.05, 0) is 23.8 Å². The van der Waals surface area contributed by atoms with Crippen molar-refractivity contribution in [2.45, 2.75) is 23.5 Å². The number of benzene rings is 1. The number of hydrogen-bond donors (Lipinski definition) is 1. The molecule has 100 valence electrons. The Morgan fingerprint density at radius 3 is 2.95 bits per heavy atom. The first-order valence-electron chi connectivity index (χ1n) is 6.51. The molecule has 1 aromatic carbocycles. The Kier molecular flexibility index (Phi) is 4.01. The first-order chi connectivity index (χ1) is 9.25. The molecule has 4 heteroatoms. The molecule has 3 rings (SSSR count). The summed E-state index contributed by atoms with van der Waals surface area (Å²) in [6.07, 6.45) is 1.41. The van der Waals surface area contributed by atoms with Crippen LogP contribution in [-0.4, -0.2) is 32.1 Å². The first kappa shape index (κ1) is 13.3. The highest BCUT2D eigenvalue weighted by Crippen LogP contribution is 2.38. The van der Waals surface area contributed by atoms with E-state index in [0.29, 0.717) is 5.25 Å². The zero-order chi connectivity index (χ0) is 13.2. The van der Waals surface area contributed by atoms with Crippen LogP contribution in [0.5, 0.6) is 0 Å². The van der Waals surface area contributed by atoms with Crippen LogP contribution in [0.1, 0.15) is 18.6 Å². The minimum atomic E-state index is -0.391. The highest BCUT2D eigenvalue weighted by atomic mass is 32.2. The number of hydrogen-bond acceptors (Lipinski definition) is 4. The van der Waals surface area contributed by atoms with Gasteiger partial charge in [0.1, 0.15) is 0 Å². The second-order valence-corrected chi connectivity index (χ2v) is 7.58. The van der Waals surface area contributed by atoms with Gasteiger partial charge >= 0.3 is 0 Å². The maximum Gasteiger partial charge on any atom is 0.0919 e. The Bertz CT molecular complexity index is 575. The Labute approximate surface area is 122 Å². The lowest BCUT2D eigenvalue weighted by molar-refractivity contribution is 0.174. The van der Waals surface area contributed by atoms with E-state index in [9.17, 15) is 5.11 Å². The first-order valence-corrected chi connectivity index (χ1v) is 8.61. The topological polar surface area (TPSA) is 33.1 Å².